The molecule has 21 heavy (non-hydrogen) atoms. The van der Waals surface area contributed by atoms with Crippen molar-refractivity contribution in [2.24, 2.45) is 7.05 Å². The molecule has 3 aromatic rings. The van der Waals surface area contributed by atoms with Gasteiger partial charge in [-0.2, -0.15) is 33.3 Å². The Hall–Kier alpha value is -2.65. The van der Waals surface area contributed by atoms with Gasteiger partial charge in [-0.3, -0.25) is 0 Å². The monoisotopic (exact) mass is 297 g/mol. The van der Waals surface area contributed by atoms with Gasteiger partial charge in [-0.25, -0.2) is 9.50 Å². The first-order valence-corrected chi connectivity index (χ1v) is 5.94. The number of hydrogen-bond acceptors (Lipinski definition) is 5. The maximum Gasteiger partial charge on any atom is 0.435 e. The molecule has 0 aliphatic rings. The van der Waals surface area contributed by atoms with Gasteiger partial charge >= 0.3 is 6.18 Å². The van der Waals surface area contributed by atoms with Gasteiger partial charge in [-0.1, -0.05) is 0 Å². The summed E-state index contributed by atoms with van der Waals surface area (Å²) in [5.74, 6) is 0.297. The molecular weight excluding hydrogens is 287 g/mol. The third kappa shape index (κ3) is 2.64. The van der Waals surface area contributed by atoms with Crippen molar-refractivity contribution >= 4 is 11.3 Å². The van der Waals surface area contributed by atoms with E-state index in [0.29, 0.717) is 18.1 Å². The molecule has 0 fully saturated rings. The van der Waals surface area contributed by atoms with Gasteiger partial charge in [-0.05, 0) is 0 Å². The zero-order chi connectivity index (χ0) is 15.0. The lowest BCUT2D eigenvalue weighted by Crippen LogP contribution is -2.05. The molecule has 3 heterocycles. The Kier molecular flexibility index (Phi) is 3.00. The Bertz CT molecular complexity index is 774. The van der Waals surface area contributed by atoms with Gasteiger partial charge in [0.2, 0.25) is 0 Å². The fourth-order valence-electron chi connectivity index (χ4n) is 1.84. The lowest BCUT2D eigenvalue weighted by molar-refractivity contribution is -0.141. The molecule has 0 atom stereocenters. The Balaban J connectivity index is 1.89. The zero-order valence-corrected chi connectivity index (χ0v) is 10.8. The van der Waals surface area contributed by atoms with E-state index in [1.54, 1.807) is 13.2 Å². The maximum atomic E-state index is 12.7. The Morgan fingerprint density at radius 2 is 2.10 bits per heavy atom. The molecule has 3 rings (SSSR count). The van der Waals surface area contributed by atoms with E-state index in [2.05, 4.69) is 25.6 Å². The molecule has 0 radical (unpaired) electrons. The van der Waals surface area contributed by atoms with Gasteiger partial charge in [-0.15, -0.1) is 0 Å². The van der Waals surface area contributed by atoms with Gasteiger partial charge in [0.1, 0.15) is 11.2 Å². The summed E-state index contributed by atoms with van der Waals surface area (Å²) >= 11 is 0. The van der Waals surface area contributed by atoms with Crippen LogP contribution in [0.1, 0.15) is 11.4 Å². The Morgan fingerprint density at radius 1 is 1.29 bits per heavy atom. The Labute approximate surface area is 116 Å². The molecule has 0 aliphatic heterocycles. The molecule has 0 unspecified atom stereocenters. The number of hydrogen-bond donors (Lipinski definition) is 1. The standard InChI is InChI=1S/C11H10F3N7/c1-20-17-6-7(18-20)5-16-10-8-4-9(11(12,13)14)19-21(8)3-2-15-10/h2-4,6H,5H2,1H3,(H,15,16). The summed E-state index contributed by atoms with van der Waals surface area (Å²) in [6, 6.07) is 0.950. The van der Waals surface area contributed by atoms with E-state index in [0.717, 1.165) is 10.6 Å². The number of fused-ring (bicyclic) bond motifs is 1. The van der Waals surface area contributed by atoms with Gasteiger partial charge in [0, 0.05) is 25.5 Å². The molecular formula is C11H10F3N7. The highest BCUT2D eigenvalue weighted by molar-refractivity contribution is 5.67. The third-order valence-corrected chi connectivity index (χ3v) is 2.76. The van der Waals surface area contributed by atoms with Crippen LogP contribution in [0.25, 0.3) is 5.52 Å². The second-order valence-corrected chi connectivity index (χ2v) is 4.31. The van der Waals surface area contributed by atoms with Crippen molar-refractivity contribution < 1.29 is 13.2 Å². The predicted octanol–water partition coefficient (Wildman–Crippen LogP) is 1.49. The fourth-order valence-corrected chi connectivity index (χ4v) is 1.84. The van der Waals surface area contributed by atoms with E-state index in [4.69, 9.17) is 0 Å². The van der Waals surface area contributed by atoms with Crippen LogP contribution in [0.3, 0.4) is 0 Å². The molecule has 0 saturated carbocycles. The number of nitrogens with one attached hydrogen (secondary N) is 1. The lowest BCUT2D eigenvalue weighted by Gasteiger charge is -2.04. The van der Waals surface area contributed by atoms with E-state index >= 15 is 0 Å². The van der Waals surface area contributed by atoms with E-state index in [-0.39, 0.29) is 5.52 Å². The van der Waals surface area contributed by atoms with Crippen LogP contribution in [-0.4, -0.2) is 29.6 Å². The number of aromatic nitrogens is 6. The number of anilines is 1. The molecule has 0 amide bonds. The van der Waals surface area contributed by atoms with E-state index < -0.39 is 11.9 Å². The summed E-state index contributed by atoms with van der Waals surface area (Å²) in [4.78, 5) is 5.42. The van der Waals surface area contributed by atoms with Crippen molar-refractivity contribution in [1.82, 2.24) is 29.6 Å². The highest BCUT2D eigenvalue weighted by atomic mass is 19.4. The molecule has 0 spiro atoms. The minimum absolute atomic E-state index is 0.244. The number of alkyl halides is 3. The van der Waals surface area contributed by atoms with E-state index in [1.165, 1.54) is 17.2 Å². The summed E-state index contributed by atoms with van der Waals surface area (Å²) in [6.45, 7) is 0.299. The first kappa shape index (κ1) is 13.3. The molecule has 1 N–H and O–H groups in total. The van der Waals surface area contributed by atoms with Crippen molar-refractivity contribution in [3.05, 3.63) is 36.0 Å². The average Bonchev–Trinajstić information content (AvgIpc) is 3.01. The molecule has 0 aromatic carbocycles. The molecule has 0 bridgehead atoms. The topological polar surface area (TPSA) is 72.9 Å². The minimum Gasteiger partial charge on any atom is -0.362 e. The van der Waals surface area contributed by atoms with Gasteiger partial charge in [0.25, 0.3) is 0 Å². The summed E-state index contributed by atoms with van der Waals surface area (Å²) in [7, 11) is 1.68. The first-order valence-electron chi connectivity index (χ1n) is 5.94. The lowest BCUT2D eigenvalue weighted by atomic mass is 10.3. The average molecular weight is 297 g/mol. The van der Waals surface area contributed by atoms with Crippen LogP contribution in [0.2, 0.25) is 0 Å². The second-order valence-electron chi connectivity index (χ2n) is 4.31. The third-order valence-electron chi connectivity index (χ3n) is 2.76. The van der Waals surface area contributed by atoms with Crippen molar-refractivity contribution in [2.45, 2.75) is 12.7 Å². The smallest absolute Gasteiger partial charge is 0.362 e. The van der Waals surface area contributed by atoms with Crippen LogP contribution in [0.4, 0.5) is 19.0 Å². The number of halogens is 3. The summed E-state index contributed by atoms with van der Waals surface area (Å²) < 4.78 is 39.2. The van der Waals surface area contributed by atoms with Crippen LogP contribution in [0.5, 0.6) is 0 Å². The normalized spacial score (nSPS) is 12.0. The van der Waals surface area contributed by atoms with Crippen molar-refractivity contribution in [3.8, 4) is 0 Å². The highest BCUT2D eigenvalue weighted by Gasteiger charge is 2.34. The zero-order valence-electron chi connectivity index (χ0n) is 10.8. The Morgan fingerprint density at radius 3 is 2.76 bits per heavy atom. The van der Waals surface area contributed by atoms with Gasteiger partial charge in [0.15, 0.2) is 11.5 Å². The SMILES string of the molecule is Cn1ncc(CNc2nccn3nc(C(F)(F)F)cc23)n1. The van der Waals surface area contributed by atoms with Gasteiger partial charge < -0.3 is 5.32 Å². The number of rotatable bonds is 3. The van der Waals surface area contributed by atoms with Crippen molar-refractivity contribution in [1.29, 1.82) is 0 Å². The molecule has 0 saturated heterocycles. The van der Waals surface area contributed by atoms with Crippen molar-refractivity contribution in [2.75, 3.05) is 5.32 Å². The quantitative estimate of drug-likeness (QED) is 0.793. The van der Waals surface area contributed by atoms with Gasteiger partial charge in [0.05, 0.1) is 12.7 Å². The minimum atomic E-state index is -4.49. The summed E-state index contributed by atoms with van der Waals surface area (Å²) in [5, 5.41) is 14.4. The fraction of sp³-hybridized carbons (Fsp3) is 0.273. The van der Waals surface area contributed by atoms with Crippen LogP contribution in [0.15, 0.2) is 24.7 Å². The molecule has 7 nitrogen and oxygen atoms in total. The van der Waals surface area contributed by atoms with E-state index in [9.17, 15) is 13.2 Å². The predicted molar refractivity (Wildman–Crippen MR) is 66.3 cm³/mol. The summed E-state index contributed by atoms with van der Waals surface area (Å²) in [6.07, 6.45) is -0.198. The largest absolute Gasteiger partial charge is 0.435 e. The second kappa shape index (κ2) is 4.72. The summed E-state index contributed by atoms with van der Waals surface area (Å²) in [5.41, 5.74) is -0.0661. The van der Waals surface area contributed by atoms with Crippen LogP contribution in [-0.2, 0) is 19.8 Å². The first-order chi connectivity index (χ1) is 9.93. The maximum absolute atomic E-state index is 12.7. The highest BCUT2D eigenvalue weighted by Crippen LogP contribution is 2.30. The van der Waals surface area contributed by atoms with Crippen LogP contribution < -0.4 is 5.32 Å². The van der Waals surface area contributed by atoms with Crippen molar-refractivity contribution in [3.63, 3.8) is 0 Å². The molecule has 0 aliphatic carbocycles. The molecule has 110 valence electrons. The van der Waals surface area contributed by atoms with E-state index in [1.807, 2.05) is 0 Å². The molecule has 3 aromatic heterocycles. The molecule has 10 heteroatoms. The van der Waals surface area contributed by atoms with Crippen LogP contribution in [0, 0.1) is 0 Å². The van der Waals surface area contributed by atoms with Crippen LogP contribution >= 0.6 is 0 Å². The number of nitrogens with zero attached hydrogens (tertiary/aromatic N) is 6. The number of aryl methyl sites for hydroxylation is 1.